The second-order valence-corrected chi connectivity index (χ2v) is 5.57. The molecular formula is C17H18N2O2. The molecule has 21 heavy (non-hydrogen) atoms. The maximum atomic E-state index is 12.6. The molecule has 1 amide bonds. The average molecular weight is 282 g/mol. The number of aryl methyl sites for hydroxylation is 1. The lowest BCUT2D eigenvalue weighted by Crippen LogP contribution is -2.35. The lowest BCUT2D eigenvalue weighted by molar-refractivity contribution is 0.0728. The lowest BCUT2D eigenvalue weighted by atomic mass is 10.1. The van der Waals surface area contributed by atoms with E-state index in [-0.39, 0.29) is 22.9 Å². The van der Waals surface area contributed by atoms with Crippen LogP contribution in [0.4, 0.5) is 0 Å². The van der Waals surface area contributed by atoms with E-state index in [1.54, 1.807) is 6.20 Å². The molecule has 1 saturated carbocycles. The van der Waals surface area contributed by atoms with Crippen molar-refractivity contribution in [3.63, 3.8) is 0 Å². The Labute approximate surface area is 123 Å². The van der Waals surface area contributed by atoms with E-state index in [1.807, 2.05) is 36.1 Å². The molecule has 0 saturated heterocycles. The fourth-order valence-corrected chi connectivity index (χ4v) is 2.38. The van der Waals surface area contributed by atoms with Gasteiger partial charge in [0, 0.05) is 31.0 Å². The number of nitrogens with zero attached hydrogens (tertiary/aromatic N) is 1. The minimum Gasteiger partial charge on any atom is -0.367 e. The molecule has 3 rings (SSSR count). The zero-order valence-electron chi connectivity index (χ0n) is 12.0. The van der Waals surface area contributed by atoms with E-state index in [9.17, 15) is 9.59 Å². The van der Waals surface area contributed by atoms with E-state index < -0.39 is 0 Å². The van der Waals surface area contributed by atoms with Crippen LogP contribution in [0.3, 0.4) is 0 Å². The summed E-state index contributed by atoms with van der Waals surface area (Å²) in [4.78, 5) is 29.1. The highest BCUT2D eigenvalue weighted by atomic mass is 16.2. The molecule has 4 nitrogen and oxygen atoms in total. The van der Waals surface area contributed by atoms with Gasteiger partial charge < -0.3 is 9.88 Å². The van der Waals surface area contributed by atoms with Crippen LogP contribution in [0.25, 0.3) is 0 Å². The normalized spacial score (nSPS) is 14.0. The Hall–Kier alpha value is -2.36. The minimum atomic E-state index is -0.228. The molecule has 1 aliphatic rings. The van der Waals surface area contributed by atoms with Crippen LogP contribution in [-0.4, -0.2) is 21.8 Å². The minimum absolute atomic E-state index is 0.181. The molecule has 0 radical (unpaired) electrons. The Balaban J connectivity index is 1.85. The van der Waals surface area contributed by atoms with Crippen molar-refractivity contribution < 1.29 is 4.79 Å². The van der Waals surface area contributed by atoms with Crippen LogP contribution < -0.4 is 5.43 Å². The predicted octanol–water partition coefficient (Wildman–Crippen LogP) is 2.49. The number of hydrogen-bond donors (Lipinski definition) is 1. The van der Waals surface area contributed by atoms with Crippen molar-refractivity contribution in [3.05, 3.63) is 69.6 Å². The molecular weight excluding hydrogens is 264 g/mol. The number of carbonyl (C=O) groups is 1. The van der Waals surface area contributed by atoms with Gasteiger partial charge in [-0.05, 0) is 25.3 Å². The molecule has 0 bridgehead atoms. The van der Waals surface area contributed by atoms with Crippen molar-refractivity contribution in [2.24, 2.45) is 0 Å². The van der Waals surface area contributed by atoms with Gasteiger partial charge in [-0.2, -0.15) is 0 Å². The zero-order valence-corrected chi connectivity index (χ0v) is 12.0. The summed E-state index contributed by atoms with van der Waals surface area (Å²) in [6, 6.07) is 9.81. The molecule has 0 atom stereocenters. The number of amides is 1. The Morgan fingerprint density at radius 2 is 1.95 bits per heavy atom. The van der Waals surface area contributed by atoms with Gasteiger partial charge in [-0.1, -0.05) is 29.8 Å². The number of aromatic nitrogens is 1. The van der Waals surface area contributed by atoms with Crippen molar-refractivity contribution >= 4 is 5.91 Å². The number of H-pyrrole nitrogens is 1. The summed E-state index contributed by atoms with van der Waals surface area (Å²) in [7, 11) is 0. The summed E-state index contributed by atoms with van der Waals surface area (Å²) in [5.41, 5.74) is 2.28. The molecule has 1 heterocycles. The van der Waals surface area contributed by atoms with Gasteiger partial charge >= 0.3 is 0 Å². The number of benzene rings is 1. The first-order valence-corrected chi connectivity index (χ1v) is 7.19. The van der Waals surface area contributed by atoms with Crippen LogP contribution in [0.5, 0.6) is 0 Å². The standard InChI is InChI=1S/C17H18N2O2/c1-12-2-4-13(5-3-12)11-19(14-6-7-14)17(21)15-10-18-9-8-16(15)20/h2-5,8-10,14H,6-7,11H2,1H3,(H,18,20). The molecule has 108 valence electrons. The van der Waals surface area contributed by atoms with E-state index in [0.717, 1.165) is 18.4 Å². The van der Waals surface area contributed by atoms with Gasteiger partial charge in [0.2, 0.25) is 0 Å². The molecule has 0 aliphatic heterocycles. The van der Waals surface area contributed by atoms with Crippen molar-refractivity contribution in [2.45, 2.75) is 32.4 Å². The Bertz CT molecular complexity index is 699. The fraction of sp³-hybridized carbons (Fsp3) is 0.294. The fourth-order valence-electron chi connectivity index (χ4n) is 2.38. The number of carbonyl (C=O) groups excluding carboxylic acids is 1. The summed E-state index contributed by atoms with van der Waals surface area (Å²) in [6.07, 6.45) is 5.07. The second kappa shape index (κ2) is 5.56. The highest BCUT2D eigenvalue weighted by Crippen LogP contribution is 2.29. The molecule has 4 heteroatoms. The van der Waals surface area contributed by atoms with E-state index >= 15 is 0 Å². The first kappa shape index (κ1) is 13.6. The van der Waals surface area contributed by atoms with Crippen LogP contribution in [0, 0.1) is 6.92 Å². The van der Waals surface area contributed by atoms with Crippen molar-refractivity contribution in [1.82, 2.24) is 9.88 Å². The number of pyridine rings is 1. The van der Waals surface area contributed by atoms with Crippen LogP contribution in [0.2, 0.25) is 0 Å². The Morgan fingerprint density at radius 1 is 1.24 bits per heavy atom. The summed E-state index contributed by atoms with van der Waals surface area (Å²) in [6.45, 7) is 2.59. The average Bonchev–Trinajstić information content (AvgIpc) is 3.31. The van der Waals surface area contributed by atoms with E-state index in [2.05, 4.69) is 4.98 Å². The molecule has 1 N–H and O–H groups in total. The quantitative estimate of drug-likeness (QED) is 0.936. The zero-order chi connectivity index (χ0) is 14.8. The van der Waals surface area contributed by atoms with Crippen molar-refractivity contribution in [3.8, 4) is 0 Å². The summed E-state index contributed by atoms with van der Waals surface area (Å²) < 4.78 is 0. The van der Waals surface area contributed by atoms with Crippen molar-refractivity contribution in [2.75, 3.05) is 0 Å². The highest BCUT2D eigenvalue weighted by Gasteiger charge is 2.33. The number of hydrogen-bond acceptors (Lipinski definition) is 2. The maximum absolute atomic E-state index is 12.6. The Morgan fingerprint density at radius 3 is 2.57 bits per heavy atom. The first-order valence-electron chi connectivity index (χ1n) is 7.19. The van der Waals surface area contributed by atoms with Gasteiger partial charge in [-0.25, -0.2) is 0 Å². The van der Waals surface area contributed by atoms with Gasteiger partial charge in [0.1, 0.15) is 5.56 Å². The summed E-state index contributed by atoms with van der Waals surface area (Å²) in [5, 5.41) is 0. The maximum Gasteiger partial charge on any atom is 0.259 e. The van der Waals surface area contributed by atoms with Crippen LogP contribution in [0.15, 0.2) is 47.5 Å². The third-order valence-electron chi connectivity index (χ3n) is 3.78. The smallest absolute Gasteiger partial charge is 0.259 e. The molecule has 1 aliphatic carbocycles. The third kappa shape index (κ3) is 3.05. The molecule has 1 aromatic carbocycles. The number of nitrogens with one attached hydrogen (secondary N) is 1. The second-order valence-electron chi connectivity index (χ2n) is 5.57. The van der Waals surface area contributed by atoms with Gasteiger partial charge in [0.25, 0.3) is 5.91 Å². The largest absolute Gasteiger partial charge is 0.367 e. The van der Waals surface area contributed by atoms with Crippen LogP contribution in [0.1, 0.15) is 34.3 Å². The van der Waals surface area contributed by atoms with E-state index in [4.69, 9.17) is 0 Å². The third-order valence-corrected chi connectivity index (χ3v) is 3.78. The van der Waals surface area contributed by atoms with Crippen LogP contribution >= 0.6 is 0 Å². The van der Waals surface area contributed by atoms with Gasteiger partial charge in [-0.3, -0.25) is 9.59 Å². The topological polar surface area (TPSA) is 53.2 Å². The van der Waals surface area contributed by atoms with Crippen molar-refractivity contribution in [1.29, 1.82) is 0 Å². The highest BCUT2D eigenvalue weighted by molar-refractivity contribution is 5.94. The molecule has 0 spiro atoms. The van der Waals surface area contributed by atoms with Gasteiger partial charge in [0.15, 0.2) is 5.43 Å². The molecule has 1 aromatic heterocycles. The number of rotatable bonds is 4. The summed E-state index contributed by atoms with van der Waals surface area (Å²) in [5.74, 6) is -0.181. The lowest BCUT2D eigenvalue weighted by Gasteiger charge is -2.22. The molecule has 2 aromatic rings. The van der Waals surface area contributed by atoms with Gasteiger partial charge in [0.05, 0.1) is 0 Å². The van der Waals surface area contributed by atoms with Gasteiger partial charge in [-0.15, -0.1) is 0 Å². The van der Waals surface area contributed by atoms with Crippen LogP contribution in [-0.2, 0) is 6.54 Å². The molecule has 0 unspecified atom stereocenters. The first-order chi connectivity index (χ1) is 10.1. The number of aromatic amines is 1. The Kier molecular flexibility index (Phi) is 3.60. The summed E-state index contributed by atoms with van der Waals surface area (Å²) >= 11 is 0. The van der Waals surface area contributed by atoms with E-state index in [1.165, 1.54) is 17.8 Å². The predicted molar refractivity (Wildman–Crippen MR) is 81.1 cm³/mol. The SMILES string of the molecule is Cc1ccc(CN(C(=O)c2c[nH]ccc2=O)C2CC2)cc1. The van der Waals surface area contributed by atoms with E-state index in [0.29, 0.717) is 6.54 Å². The monoisotopic (exact) mass is 282 g/mol. The molecule has 1 fully saturated rings.